The van der Waals surface area contributed by atoms with Gasteiger partial charge in [0, 0.05) is 6.42 Å². The number of phosphoric acid groups is 1. The van der Waals surface area contributed by atoms with Gasteiger partial charge in [-0.15, -0.1) is 0 Å². The van der Waals surface area contributed by atoms with Gasteiger partial charge in [0.15, 0.2) is 0 Å². The van der Waals surface area contributed by atoms with Crippen LogP contribution >= 0.6 is 7.82 Å². The SMILES string of the molecule is CCCCC/C=C\C/C=C\C/C=C\CCCCCCCCC(=O)NC(COP(=O)(O)OCC[N+](C)(C)C)C(O)/C=C/CCCCCCCCCCCCCCCCCCCCCCCCCCCCCC. The van der Waals surface area contributed by atoms with Gasteiger partial charge in [0.05, 0.1) is 39.9 Å². The molecule has 0 rings (SSSR count). The minimum atomic E-state index is -4.35. The van der Waals surface area contributed by atoms with Crippen molar-refractivity contribution in [1.82, 2.24) is 5.32 Å². The fourth-order valence-electron chi connectivity index (χ4n) is 8.99. The van der Waals surface area contributed by atoms with Crippen molar-refractivity contribution in [2.45, 2.75) is 302 Å². The third-order valence-corrected chi connectivity index (χ3v) is 14.8. The number of rotatable bonds is 56. The van der Waals surface area contributed by atoms with Gasteiger partial charge >= 0.3 is 7.82 Å². The van der Waals surface area contributed by atoms with Gasteiger partial charge < -0.3 is 19.8 Å². The van der Waals surface area contributed by atoms with Crippen LogP contribution in [0.15, 0.2) is 48.6 Å². The van der Waals surface area contributed by atoms with Crippen LogP contribution in [0.25, 0.3) is 0 Å². The molecule has 0 saturated carbocycles. The number of unbranched alkanes of at least 4 members (excludes halogenated alkanes) is 37. The van der Waals surface area contributed by atoms with Crippen LogP contribution in [-0.4, -0.2) is 73.4 Å². The molecule has 1 amide bonds. The zero-order valence-electron chi connectivity index (χ0n) is 47.7. The highest BCUT2D eigenvalue weighted by Gasteiger charge is 2.27. The highest BCUT2D eigenvalue weighted by atomic mass is 31.2. The van der Waals surface area contributed by atoms with E-state index in [4.69, 9.17) is 9.05 Å². The van der Waals surface area contributed by atoms with Crippen LogP contribution in [0.2, 0.25) is 0 Å². The second-order valence-corrected chi connectivity index (χ2v) is 23.5. The lowest BCUT2D eigenvalue weighted by atomic mass is 10.0. The summed E-state index contributed by atoms with van der Waals surface area (Å²) in [6.45, 7) is 4.81. The van der Waals surface area contributed by atoms with Crippen molar-refractivity contribution < 1.29 is 32.9 Å². The lowest BCUT2D eigenvalue weighted by Crippen LogP contribution is -2.45. The Labute approximate surface area is 441 Å². The van der Waals surface area contributed by atoms with Gasteiger partial charge in [0.1, 0.15) is 13.2 Å². The number of allylic oxidation sites excluding steroid dienone is 7. The first-order chi connectivity index (χ1) is 34.5. The molecule has 0 aliphatic heterocycles. The van der Waals surface area contributed by atoms with Crippen LogP contribution in [0.5, 0.6) is 0 Å². The summed E-state index contributed by atoms with van der Waals surface area (Å²) in [5.74, 6) is -0.187. The Hall–Kier alpha value is -1.54. The number of nitrogens with one attached hydrogen (secondary N) is 1. The number of hydrogen-bond acceptors (Lipinski definition) is 5. The number of quaternary nitrogens is 1. The Kier molecular flexibility index (Phi) is 52.1. The van der Waals surface area contributed by atoms with Gasteiger partial charge in [0.25, 0.3) is 0 Å². The normalized spacial score (nSPS) is 14.2. The predicted octanol–water partition coefficient (Wildman–Crippen LogP) is 18.7. The molecule has 71 heavy (non-hydrogen) atoms. The van der Waals surface area contributed by atoms with Crippen LogP contribution in [0.3, 0.4) is 0 Å². The van der Waals surface area contributed by atoms with E-state index in [-0.39, 0.29) is 19.1 Å². The quantitative estimate of drug-likeness (QED) is 0.0243. The highest BCUT2D eigenvalue weighted by Crippen LogP contribution is 2.43. The molecule has 0 aliphatic carbocycles. The second kappa shape index (κ2) is 53.3. The average Bonchev–Trinajstić information content (AvgIpc) is 3.33. The molecular weight excluding hydrogens is 900 g/mol. The molecule has 0 aromatic rings. The molecule has 8 nitrogen and oxygen atoms in total. The lowest BCUT2D eigenvalue weighted by Gasteiger charge is -2.25. The maximum atomic E-state index is 13.0. The Morgan fingerprint density at radius 2 is 0.803 bits per heavy atom. The standard InChI is InChI=1S/C62H119N2O6P/c1-6-8-10-12-14-16-18-20-22-24-26-27-28-29-30-31-32-33-34-35-36-38-39-41-43-45-47-49-51-53-55-61(65)60(59-70-71(67,68)69-58-57-64(3,4)5)63-62(66)56-54-52-50-48-46-44-42-40-37-25-23-21-19-17-15-13-11-9-7-2/h15,17,21,23,37,40,53,55,60-61,65H,6-14,16,18-20,22,24-36,38-39,41-52,54,56-59H2,1-5H3,(H-,63,66,67,68)/p+1/b17-15-,23-21-,40-37-,55-53+. The van der Waals surface area contributed by atoms with Crippen LogP contribution in [0.4, 0.5) is 0 Å². The van der Waals surface area contributed by atoms with E-state index in [1.807, 2.05) is 27.2 Å². The predicted molar refractivity (Wildman–Crippen MR) is 309 cm³/mol. The molecule has 418 valence electrons. The zero-order valence-corrected chi connectivity index (χ0v) is 48.6. The smallest absolute Gasteiger partial charge is 0.387 e. The van der Waals surface area contributed by atoms with Crippen LogP contribution in [-0.2, 0) is 18.4 Å². The average molecular weight is 1020 g/mol. The van der Waals surface area contributed by atoms with E-state index in [1.165, 1.54) is 205 Å². The molecule has 0 fully saturated rings. The fourth-order valence-corrected chi connectivity index (χ4v) is 9.73. The molecule has 0 aromatic carbocycles. The summed E-state index contributed by atoms with van der Waals surface area (Å²) in [6.07, 6.45) is 70.8. The van der Waals surface area contributed by atoms with Gasteiger partial charge in [-0.25, -0.2) is 4.57 Å². The Morgan fingerprint density at radius 3 is 1.20 bits per heavy atom. The molecule has 0 radical (unpaired) electrons. The van der Waals surface area contributed by atoms with Gasteiger partial charge in [-0.2, -0.15) is 0 Å². The molecule has 3 atom stereocenters. The molecular formula is C62H120N2O6P+. The topological polar surface area (TPSA) is 105 Å². The summed E-state index contributed by atoms with van der Waals surface area (Å²) in [7, 11) is 1.57. The minimum absolute atomic E-state index is 0.0578. The van der Waals surface area contributed by atoms with E-state index in [0.29, 0.717) is 17.4 Å². The number of carbonyl (C=O) groups excluding carboxylic acids is 1. The number of amides is 1. The second-order valence-electron chi connectivity index (χ2n) is 22.1. The number of phosphoric ester groups is 1. The summed E-state index contributed by atoms with van der Waals surface area (Å²) < 4.78 is 23.7. The van der Waals surface area contributed by atoms with Crippen LogP contribution < -0.4 is 5.32 Å². The Morgan fingerprint density at radius 1 is 0.479 bits per heavy atom. The van der Waals surface area contributed by atoms with Crippen molar-refractivity contribution >= 4 is 13.7 Å². The van der Waals surface area contributed by atoms with E-state index in [9.17, 15) is 19.4 Å². The van der Waals surface area contributed by atoms with E-state index in [2.05, 4.69) is 55.6 Å². The first-order valence-electron chi connectivity index (χ1n) is 30.5. The van der Waals surface area contributed by atoms with E-state index in [0.717, 1.165) is 64.2 Å². The minimum Gasteiger partial charge on any atom is -0.387 e. The number of likely N-dealkylation sites (N-methyl/N-ethyl adjacent to an activating group) is 1. The maximum absolute atomic E-state index is 13.0. The molecule has 0 heterocycles. The van der Waals surface area contributed by atoms with Crippen molar-refractivity contribution in [1.29, 1.82) is 0 Å². The molecule has 3 N–H and O–H groups in total. The highest BCUT2D eigenvalue weighted by molar-refractivity contribution is 7.47. The van der Waals surface area contributed by atoms with E-state index < -0.39 is 20.0 Å². The Bertz CT molecular complexity index is 1290. The number of aliphatic hydroxyl groups excluding tert-OH is 1. The lowest BCUT2D eigenvalue weighted by molar-refractivity contribution is -0.870. The summed E-state index contributed by atoms with van der Waals surface area (Å²) in [4.78, 5) is 23.3. The summed E-state index contributed by atoms with van der Waals surface area (Å²) >= 11 is 0. The fraction of sp³-hybridized carbons (Fsp3) is 0.855. The molecule has 0 spiro atoms. The van der Waals surface area contributed by atoms with Crippen molar-refractivity contribution in [3.8, 4) is 0 Å². The summed E-state index contributed by atoms with van der Waals surface area (Å²) in [6, 6.07) is -0.856. The molecule has 0 bridgehead atoms. The molecule has 9 heteroatoms. The summed E-state index contributed by atoms with van der Waals surface area (Å²) in [5.41, 5.74) is 0. The number of carbonyl (C=O) groups is 1. The molecule has 0 aliphatic rings. The molecule has 0 aromatic heterocycles. The monoisotopic (exact) mass is 1020 g/mol. The third-order valence-electron chi connectivity index (χ3n) is 13.8. The maximum Gasteiger partial charge on any atom is 0.472 e. The summed E-state index contributed by atoms with van der Waals surface area (Å²) in [5, 5.41) is 14.0. The third kappa shape index (κ3) is 56.0. The number of aliphatic hydroxyl groups is 1. The van der Waals surface area contributed by atoms with Crippen LogP contribution in [0.1, 0.15) is 290 Å². The number of hydrogen-bond donors (Lipinski definition) is 3. The van der Waals surface area contributed by atoms with E-state index in [1.54, 1.807) is 6.08 Å². The van der Waals surface area contributed by atoms with E-state index >= 15 is 0 Å². The largest absolute Gasteiger partial charge is 0.472 e. The molecule has 0 saturated heterocycles. The van der Waals surface area contributed by atoms with Crippen molar-refractivity contribution in [3.63, 3.8) is 0 Å². The van der Waals surface area contributed by atoms with Crippen molar-refractivity contribution in [2.24, 2.45) is 0 Å². The van der Waals surface area contributed by atoms with Crippen LogP contribution in [0, 0.1) is 0 Å². The van der Waals surface area contributed by atoms with Gasteiger partial charge in [-0.05, 0) is 57.8 Å². The first kappa shape index (κ1) is 69.5. The Balaban J connectivity index is 4.14. The van der Waals surface area contributed by atoms with Gasteiger partial charge in [-0.3, -0.25) is 13.8 Å². The molecule has 3 unspecified atom stereocenters. The van der Waals surface area contributed by atoms with Crippen molar-refractivity contribution in [3.05, 3.63) is 48.6 Å². The first-order valence-corrected chi connectivity index (χ1v) is 32.0. The van der Waals surface area contributed by atoms with Gasteiger partial charge in [0.2, 0.25) is 5.91 Å². The number of nitrogens with zero attached hydrogens (tertiary/aromatic N) is 1. The zero-order chi connectivity index (χ0) is 52.0. The van der Waals surface area contributed by atoms with Crippen molar-refractivity contribution in [2.75, 3.05) is 40.9 Å². The van der Waals surface area contributed by atoms with Gasteiger partial charge in [-0.1, -0.05) is 274 Å².